The number of aryl methyl sites for hydroxylation is 1. The Hall–Kier alpha value is -1.68. The van der Waals surface area contributed by atoms with Gasteiger partial charge in [0.05, 0.1) is 6.20 Å². The van der Waals surface area contributed by atoms with E-state index in [1.807, 2.05) is 6.92 Å². The fourth-order valence-corrected chi connectivity index (χ4v) is 1.80. The number of hydrogen-bond donors (Lipinski definition) is 1. The van der Waals surface area contributed by atoms with Crippen LogP contribution in [0.4, 0.5) is 4.39 Å². The van der Waals surface area contributed by atoms with Crippen LogP contribution in [-0.4, -0.2) is 14.9 Å². The van der Waals surface area contributed by atoms with Gasteiger partial charge in [-0.25, -0.2) is 4.39 Å². The summed E-state index contributed by atoms with van der Waals surface area (Å²) in [7, 11) is 0. The van der Waals surface area contributed by atoms with Crippen molar-refractivity contribution >= 4 is 0 Å². The molecule has 0 amide bonds. The summed E-state index contributed by atoms with van der Waals surface area (Å²) < 4.78 is 15.4. The maximum Gasteiger partial charge on any atom is 0.129 e. The lowest BCUT2D eigenvalue weighted by molar-refractivity contribution is 0.0978. The van der Waals surface area contributed by atoms with Crippen LogP contribution in [0, 0.1) is 5.82 Å². The van der Waals surface area contributed by atoms with Crippen LogP contribution in [0.15, 0.2) is 36.7 Å². The van der Waals surface area contributed by atoms with Gasteiger partial charge >= 0.3 is 0 Å². The molecule has 4 heteroatoms. The second-order valence-electron chi connectivity index (χ2n) is 4.14. The highest BCUT2D eigenvalue weighted by molar-refractivity contribution is 5.33. The minimum Gasteiger partial charge on any atom is -0.380 e. The topological polar surface area (TPSA) is 38.0 Å². The molecule has 1 aromatic carbocycles. The van der Waals surface area contributed by atoms with E-state index in [1.54, 1.807) is 42.2 Å². The fourth-order valence-electron chi connectivity index (χ4n) is 1.80. The molecule has 0 aliphatic heterocycles. The van der Waals surface area contributed by atoms with E-state index in [0.717, 1.165) is 0 Å². The first kappa shape index (κ1) is 11.8. The molecule has 2 rings (SSSR count). The van der Waals surface area contributed by atoms with Gasteiger partial charge in [-0.3, -0.25) is 4.68 Å². The molecule has 1 unspecified atom stereocenters. The average Bonchev–Trinajstić information content (AvgIpc) is 2.78. The molecular weight excluding hydrogens is 219 g/mol. The lowest BCUT2D eigenvalue weighted by Crippen LogP contribution is -2.23. The quantitative estimate of drug-likeness (QED) is 0.884. The number of nitrogens with zero attached hydrogens (tertiary/aromatic N) is 2. The van der Waals surface area contributed by atoms with E-state index in [2.05, 4.69) is 5.10 Å². The van der Waals surface area contributed by atoms with Crippen molar-refractivity contribution < 1.29 is 9.50 Å². The Morgan fingerprint density at radius 1 is 1.41 bits per heavy atom. The summed E-state index contributed by atoms with van der Waals surface area (Å²) in [6.45, 7) is 4.24. The third kappa shape index (κ3) is 2.08. The van der Waals surface area contributed by atoms with Crippen LogP contribution in [-0.2, 0) is 12.1 Å². The summed E-state index contributed by atoms with van der Waals surface area (Å²) in [5, 5.41) is 14.5. The van der Waals surface area contributed by atoms with Gasteiger partial charge in [-0.1, -0.05) is 18.2 Å². The highest BCUT2D eigenvalue weighted by Crippen LogP contribution is 2.30. The largest absolute Gasteiger partial charge is 0.380 e. The molecular formula is C13H15FN2O. The third-order valence-electron chi connectivity index (χ3n) is 2.92. The van der Waals surface area contributed by atoms with Gasteiger partial charge in [0.25, 0.3) is 0 Å². The molecule has 3 nitrogen and oxygen atoms in total. The Balaban J connectivity index is 2.45. The molecule has 90 valence electrons. The summed E-state index contributed by atoms with van der Waals surface area (Å²) in [6, 6.07) is 6.23. The highest BCUT2D eigenvalue weighted by atomic mass is 19.1. The molecule has 0 aliphatic carbocycles. The Kier molecular flexibility index (Phi) is 2.98. The second-order valence-corrected chi connectivity index (χ2v) is 4.14. The number of hydrogen-bond acceptors (Lipinski definition) is 2. The molecule has 0 radical (unpaired) electrons. The lowest BCUT2D eigenvalue weighted by atomic mass is 9.90. The molecule has 1 N–H and O–H groups in total. The van der Waals surface area contributed by atoms with E-state index in [0.29, 0.717) is 12.1 Å². The Morgan fingerprint density at radius 2 is 2.12 bits per heavy atom. The van der Waals surface area contributed by atoms with E-state index in [9.17, 15) is 9.50 Å². The molecule has 1 aromatic heterocycles. The first-order chi connectivity index (χ1) is 8.05. The number of aromatic nitrogens is 2. The summed E-state index contributed by atoms with van der Waals surface area (Å²) in [6.07, 6.45) is 3.29. The van der Waals surface area contributed by atoms with Crippen molar-refractivity contribution in [1.29, 1.82) is 0 Å². The smallest absolute Gasteiger partial charge is 0.129 e. The number of benzene rings is 1. The molecule has 1 atom stereocenters. The van der Waals surface area contributed by atoms with Crippen LogP contribution in [0.3, 0.4) is 0 Å². The molecule has 17 heavy (non-hydrogen) atoms. The van der Waals surface area contributed by atoms with Crippen LogP contribution in [0.25, 0.3) is 0 Å². The summed E-state index contributed by atoms with van der Waals surface area (Å²) in [5.74, 6) is -0.415. The standard InChI is InChI=1S/C13H15FN2O/c1-3-16-9-10(8-15-16)13(2,17)11-6-4-5-7-12(11)14/h4-9,17H,3H2,1-2H3. The van der Waals surface area contributed by atoms with Crippen LogP contribution in [0.1, 0.15) is 25.0 Å². The number of rotatable bonds is 3. The van der Waals surface area contributed by atoms with Crippen molar-refractivity contribution in [2.75, 3.05) is 0 Å². The van der Waals surface area contributed by atoms with E-state index >= 15 is 0 Å². The first-order valence-electron chi connectivity index (χ1n) is 5.56. The SMILES string of the molecule is CCn1cc(C(C)(O)c2ccccc2F)cn1. The minimum atomic E-state index is -1.36. The monoisotopic (exact) mass is 234 g/mol. The molecule has 2 aromatic rings. The van der Waals surface area contributed by atoms with E-state index < -0.39 is 11.4 Å². The van der Waals surface area contributed by atoms with Crippen LogP contribution in [0.2, 0.25) is 0 Å². The van der Waals surface area contributed by atoms with Crippen molar-refractivity contribution in [2.24, 2.45) is 0 Å². The van der Waals surface area contributed by atoms with Gasteiger partial charge in [0.2, 0.25) is 0 Å². The zero-order valence-corrected chi connectivity index (χ0v) is 9.89. The molecule has 1 heterocycles. The van der Waals surface area contributed by atoms with Crippen molar-refractivity contribution in [3.8, 4) is 0 Å². The fraction of sp³-hybridized carbons (Fsp3) is 0.308. The highest BCUT2D eigenvalue weighted by Gasteiger charge is 2.29. The predicted molar refractivity (Wildman–Crippen MR) is 63.0 cm³/mol. The minimum absolute atomic E-state index is 0.260. The summed E-state index contributed by atoms with van der Waals surface area (Å²) in [5.41, 5.74) is -0.515. The maximum atomic E-state index is 13.7. The summed E-state index contributed by atoms with van der Waals surface area (Å²) in [4.78, 5) is 0. The third-order valence-corrected chi connectivity index (χ3v) is 2.92. The van der Waals surface area contributed by atoms with E-state index in [4.69, 9.17) is 0 Å². The Labute approximate surface area is 99.5 Å². The zero-order chi connectivity index (χ0) is 12.5. The molecule has 0 saturated heterocycles. The molecule has 0 bridgehead atoms. The van der Waals surface area contributed by atoms with Crippen LogP contribution in [0.5, 0.6) is 0 Å². The first-order valence-corrected chi connectivity index (χ1v) is 5.56. The zero-order valence-electron chi connectivity index (χ0n) is 9.89. The van der Waals surface area contributed by atoms with Gasteiger partial charge in [-0.15, -0.1) is 0 Å². The Bertz CT molecular complexity index is 520. The van der Waals surface area contributed by atoms with Gasteiger partial charge in [0, 0.05) is 23.9 Å². The Morgan fingerprint density at radius 3 is 2.71 bits per heavy atom. The van der Waals surface area contributed by atoms with Crippen molar-refractivity contribution in [3.05, 3.63) is 53.6 Å². The van der Waals surface area contributed by atoms with E-state index in [-0.39, 0.29) is 5.56 Å². The van der Waals surface area contributed by atoms with Gasteiger partial charge in [-0.05, 0) is 19.9 Å². The molecule has 0 saturated carbocycles. The maximum absolute atomic E-state index is 13.7. The van der Waals surface area contributed by atoms with E-state index in [1.165, 1.54) is 6.07 Å². The number of aliphatic hydroxyl groups is 1. The van der Waals surface area contributed by atoms with Gasteiger partial charge in [-0.2, -0.15) is 5.10 Å². The predicted octanol–water partition coefficient (Wildman–Crippen LogP) is 2.30. The van der Waals surface area contributed by atoms with Gasteiger partial charge in [0.15, 0.2) is 0 Å². The van der Waals surface area contributed by atoms with Gasteiger partial charge in [0.1, 0.15) is 11.4 Å². The van der Waals surface area contributed by atoms with Crippen molar-refractivity contribution in [3.63, 3.8) is 0 Å². The molecule has 0 spiro atoms. The summed E-state index contributed by atoms with van der Waals surface area (Å²) >= 11 is 0. The molecule has 0 aliphatic rings. The normalized spacial score (nSPS) is 14.6. The van der Waals surface area contributed by atoms with Gasteiger partial charge < -0.3 is 5.11 Å². The van der Waals surface area contributed by atoms with Crippen molar-refractivity contribution in [1.82, 2.24) is 9.78 Å². The van der Waals surface area contributed by atoms with Crippen LogP contribution < -0.4 is 0 Å². The molecule has 0 fully saturated rings. The average molecular weight is 234 g/mol. The number of halogens is 1. The second kappa shape index (κ2) is 4.30. The lowest BCUT2D eigenvalue weighted by Gasteiger charge is -2.22. The van der Waals surface area contributed by atoms with Crippen LogP contribution >= 0.6 is 0 Å². The van der Waals surface area contributed by atoms with Crippen molar-refractivity contribution in [2.45, 2.75) is 26.0 Å².